The van der Waals surface area contributed by atoms with Crippen LogP contribution >= 0.6 is 0 Å². The molecule has 4 aromatic rings. The number of aromatic amines is 1. The number of nitrogens with zero attached hydrogens (tertiary/aromatic N) is 5. The van der Waals surface area contributed by atoms with Crippen molar-refractivity contribution in [2.75, 3.05) is 0 Å². The van der Waals surface area contributed by atoms with E-state index in [0.717, 1.165) is 48.3 Å². The first-order valence-corrected chi connectivity index (χ1v) is 11.1. The molecule has 2 aliphatic rings. The molecule has 0 unspecified atom stereocenters. The fourth-order valence-corrected chi connectivity index (χ4v) is 5.42. The third-order valence-electron chi connectivity index (χ3n) is 7.04. The van der Waals surface area contributed by atoms with Gasteiger partial charge in [0.15, 0.2) is 12.1 Å². The lowest BCUT2D eigenvalue weighted by Crippen LogP contribution is -2.43. The fourth-order valence-electron chi connectivity index (χ4n) is 5.42. The standard InChI is InChI=1S/C24H24N6O2/c1-14-9-24(10-14,23-28-25-13-29(23)2)16-4-3-5-17(8-16)30-11-18(15-6-7-15)20-21(22(30)32)27-19(12-31)26-20/h3-5,8,11-15H,6-7,9-10H2,1-2H3,(H,26,27)/t14-,24-. The molecule has 2 fully saturated rings. The highest BCUT2D eigenvalue weighted by Crippen LogP contribution is 2.51. The molecule has 3 heterocycles. The maximum atomic E-state index is 13.4. The van der Waals surface area contributed by atoms with Crippen molar-refractivity contribution in [3.05, 3.63) is 69.9 Å². The molecule has 32 heavy (non-hydrogen) atoms. The second-order valence-corrected chi connectivity index (χ2v) is 9.41. The Kier molecular flexibility index (Phi) is 4.02. The fraction of sp³-hybridized carbons (Fsp3) is 0.375. The number of imidazole rings is 1. The Balaban J connectivity index is 1.53. The molecule has 0 saturated heterocycles. The predicted molar refractivity (Wildman–Crippen MR) is 119 cm³/mol. The highest BCUT2D eigenvalue weighted by molar-refractivity contribution is 5.84. The van der Waals surface area contributed by atoms with Crippen molar-refractivity contribution < 1.29 is 4.79 Å². The highest BCUT2D eigenvalue weighted by Gasteiger charge is 2.48. The van der Waals surface area contributed by atoms with E-state index >= 15 is 0 Å². The van der Waals surface area contributed by atoms with E-state index in [9.17, 15) is 9.59 Å². The van der Waals surface area contributed by atoms with Crippen LogP contribution in [0.4, 0.5) is 0 Å². The second kappa shape index (κ2) is 6.72. The Hall–Kier alpha value is -3.55. The minimum Gasteiger partial charge on any atom is -0.331 e. The van der Waals surface area contributed by atoms with Crippen molar-refractivity contribution in [1.29, 1.82) is 0 Å². The summed E-state index contributed by atoms with van der Waals surface area (Å²) in [5, 5.41) is 8.55. The summed E-state index contributed by atoms with van der Waals surface area (Å²) >= 11 is 0. The number of rotatable bonds is 5. The zero-order chi connectivity index (χ0) is 22.0. The average molecular weight is 428 g/mol. The number of benzene rings is 1. The van der Waals surface area contributed by atoms with Gasteiger partial charge in [-0.25, -0.2) is 4.98 Å². The van der Waals surface area contributed by atoms with Gasteiger partial charge in [0.25, 0.3) is 5.56 Å². The molecule has 1 aromatic carbocycles. The lowest BCUT2D eigenvalue weighted by atomic mass is 9.58. The number of carbonyl (C=O) groups is 1. The van der Waals surface area contributed by atoms with Gasteiger partial charge in [-0.05, 0) is 55.2 Å². The van der Waals surface area contributed by atoms with Crippen LogP contribution in [0.1, 0.15) is 66.1 Å². The van der Waals surface area contributed by atoms with Gasteiger partial charge in [-0.15, -0.1) is 10.2 Å². The van der Waals surface area contributed by atoms with Crippen LogP contribution in [0.25, 0.3) is 16.7 Å². The molecule has 6 rings (SSSR count). The number of hydrogen-bond donors (Lipinski definition) is 1. The monoisotopic (exact) mass is 428 g/mol. The van der Waals surface area contributed by atoms with E-state index in [2.05, 4.69) is 39.2 Å². The Morgan fingerprint density at radius 3 is 2.72 bits per heavy atom. The smallest absolute Gasteiger partial charge is 0.281 e. The van der Waals surface area contributed by atoms with Crippen LogP contribution in [-0.2, 0) is 12.5 Å². The SMILES string of the molecule is Cn1cnnc1[C@]1(c2cccc(-n3cc(C4CC4)c4nc(C=O)[nH]c4c3=O)c2)C[C@@H](C)C1. The Bertz CT molecular complexity index is 1420. The normalized spacial score (nSPS) is 22.8. The van der Waals surface area contributed by atoms with Gasteiger partial charge in [0.05, 0.1) is 10.9 Å². The number of H-pyrrole nitrogens is 1. The van der Waals surface area contributed by atoms with Gasteiger partial charge >= 0.3 is 0 Å². The summed E-state index contributed by atoms with van der Waals surface area (Å²) in [5.74, 6) is 2.13. The highest BCUT2D eigenvalue weighted by atomic mass is 16.1. The number of aryl methyl sites for hydroxylation is 1. The second-order valence-electron chi connectivity index (χ2n) is 9.41. The summed E-state index contributed by atoms with van der Waals surface area (Å²) in [6.45, 7) is 2.25. The number of hydrogen-bond acceptors (Lipinski definition) is 5. The van der Waals surface area contributed by atoms with E-state index < -0.39 is 0 Å². The zero-order valence-electron chi connectivity index (χ0n) is 18.1. The molecule has 0 bridgehead atoms. The molecule has 2 saturated carbocycles. The largest absolute Gasteiger partial charge is 0.331 e. The average Bonchev–Trinajstić information content (AvgIpc) is 3.37. The molecule has 0 radical (unpaired) electrons. The van der Waals surface area contributed by atoms with Crippen molar-refractivity contribution in [1.82, 2.24) is 29.3 Å². The van der Waals surface area contributed by atoms with Gasteiger partial charge in [-0.3, -0.25) is 14.2 Å². The van der Waals surface area contributed by atoms with Gasteiger partial charge in [0.2, 0.25) is 0 Å². The van der Waals surface area contributed by atoms with E-state index in [0.29, 0.717) is 29.2 Å². The first-order chi connectivity index (χ1) is 15.5. The molecule has 3 aromatic heterocycles. The van der Waals surface area contributed by atoms with E-state index in [-0.39, 0.29) is 16.8 Å². The molecule has 2 aliphatic carbocycles. The summed E-state index contributed by atoms with van der Waals surface area (Å²) in [7, 11) is 1.98. The first-order valence-electron chi connectivity index (χ1n) is 11.1. The van der Waals surface area contributed by atoms with Gasteiger partial charge in [0.1, 0.15) is 17.7 Å². The summed E-state index contributed by atoms with van der Waals surface area (Å²) in [6.07, 6.45) is 8.44. The van der Waals surface area contributed by atoms with Crippen LogP contribution in [0.2, 0.25) is 0 Å². The van der Waals surface area contributed by atoms with Crippen LogP contribution in [0.15, 0.2) is 41.6 Å². The molecule has 8 heteroatoms. The van der Waals surface area contributed by atoms with E-state index in [1.807, 2.05) is 29.9 Å². The molecule has 0 atom stereocenters. The van der Waals surface area contributed by atoms with Gasteiger partial charge in [0, 0.05) is 24.5 Å². The minimum atomic E-state index is -0.202. The van der Waals surface area contributed by atoms with Crippen molar-refractivity contribution in [3.63, 3.8) is 0 Å². The molecular weight excluding hydrogens is 404 g/mol. The summed E-state index contributed by atoms with van der Waals surface area (Å²) in [4.78, 5) is 31.9. The van der Waals surface area contributed by atoms with Gasteiger partial charge in [-0.1, -0.05) is 19.1 Å². The molecule has 0 amide bonds. The van der Waals surface area contributed by atoms with Crippen LogP contribution in [-0.4, -0.2) is 35.6 Å². The molecule has 8 nitrogen and oxygen atoms in total. The summed E-state index contributed by atoms with van der Waals surface area (Å²) < 4.78 is 3.69. The van der Waals surface area contributed by atoms with E-state index in [1.165, 1.54) is 0 Å². The quantitative estimate of drug-likeness (QED) is 0.492. The maximum Gasteiger partial charge on any atom is 0.281 e. The predicted octanol–water partition coefficient (Wildman–Crippen LogP) is 3.25. The number of fused-ring (bicyclic) bond motifs is 1. The number of pyridine rings is 1. The number of nitrogens with one attached hydrogen (secondary N) is 1. The lowest BCUT2D eigenvalue weighted by Gasteiger charge is -2.46. The number of aldehydes is 1. The van der Waals surface area contributed by atoms with Crippen LogP contribution in [0, 0.1) is 5.92 Å². The van der Waals surface area contributed by atoms with Gasteiger partial charge < -0.3 is 9.55 Å². The molecular formula is C24H24N6O2. The number of aromatic nitrogens is 6. The third kappa shape index (κ3) is 2.71. The summed E-state index contributed by atoms with van der Waals surface area (Å²) in [5.41, 5.74) is 3.58. The lowest BCUT2D eigenvalue weighted by molar-refractivity contribution is 0.111. The molecule has 162 valence electrons. The van der Waals surface area contributed by atoms with E-state index in [1.54, 1.807) is 10.9 Å². The van der Waals surface area contributed by atoms with Crippen molar-refractivity contribution in [2.45, 2.75) is 43.9 Å². The third-order valence-corrected chi connectivity index (χ3v) is 7.04. The summed E-state index contributed by atoms with van der Waals surface area (Å²) in [6, 6.07) is 8.18. The first kappa shape index (κ1) is 19.2. The Labute approximate surface area is 184 Å². The van der Waals surface area contributed by atoms with Gasteiger partial charge in [-0.2, -0.15) is 0 Å². The zero-order valence-corrected chi connectivity index (χ0v) is 18.1. The topological polar surface area (TPSA) is 98.5 Å². The molecule has 1 N–H and O–H groups in total. The van der Waals surface area contributed by atoms with Crippen molar-refractivity contribution >= 4 is 17.3 Å². The van der Waals surface area contributed by atoms with Crippen molar-refractivity contribution in [3.8, 4) is 5.69 Å². The van der Waals surface area contributed by atoms with E-state index in [4.69, 9.17) is 0 Å². The van der Waals surface area contributed by atoms with Crippen molar-refractivity contribution in [2.24, 2.45) is 13.0 Å². The Morgan fingerprint density at radius 2 is 2.06 bits per heavy atom. The Morgan fingerprint density at radius 1 is 1.25 bits per heavy atom. The van der Waals surface area contributed by atoms with Crippen LogP contribution in [0.5, 0.6) is 0 Å². The number of carbonyl (C=O) groups excluding carboxylic acids is 1. The maximum absolute atomic E-state index is 13.4. The van der Waals surface area contributed by atoms with Crippen LogP contribution in [0.3, 0.4) is 0 Å². The molecule has 0 spiro atoms. The minimum absolute atomic E-state index is 0.190. The molecule has 0 aliphatic heterocycles. The van der Waals surface area contributed by atoms with Crippen LogP contribution < -0.4 is 5.56 Å².